The zero-order chi connectivity index (χ0) is 18.8. The number of aryl methyl sites for hydroxylation is 1. The van der Waals surface area contributed by atoms with Crippen LogP contribution >= 0.6 is 0 Å². The Morgan fingerprint density at radius 3 is 2.74 bits per heavy atom. The molecule has 0 bridgehead atoms. The van der Waals surface area contributed by atoms with E-state index in [9.17, 15) is 9.90 Å². The van der Waals surface area contributed by atoms with Crippen LogP contribution in [-0.2, 0) is 6.54 Å². The lowest BCUT2D eigenvalue weighted by Crippen LogP contribution is -2.32. The van der Waals surface area contributed by atoms with E-state index < -0.39 is 0 Å². The van der Waals surface area contributed by atoms with Crippen LogP contribution in [0.25, 0.3) is 16.9 Å². The highest BCUT2D eigenvalue weighted by Crippen LogP contribution is 2.23. The maximum atomic E-state index is 12.8. The molecule has 4 rings (SSSR count). The van der Waals surface area contributed by atoms with E-state index in [0.717, 1.165) is 29.9 Å². The molecule has 1 saturated heterocycles. The third kappa shape index (κ3) is 3.38. The van der Waals surface area contributed by atoms with E-state index in [-0.39, 0.29) is 18.1 Å². The standard InChI is InChI=1S/C20H23N5O2/c1-2-23-13-18(16-10-21-25(12-16)17-6-4-3-5-7-17)22-19(20(23)27)24-9-8-15(11-24)14-26/h3-7,10,12-13,15,26H,2,8-9,11,14H2,1H3/t15-/m1/s1. The summed E-state index contributed by atoms with van der Waals surface area (Å²) in [6.07, 6.45) is 6.36. The molecule has 7 heteroatoms. The predicted molar refractivity (Wildman–Crippen MR) is 104 cm³/mol. The van der Waals surface area contributed by atoms with Crippen molar-refractivity contribution >= 4 is 5.82 Å². The predicted octanol–water partition coefficient (Wildman–Crippen LogP) is 1.93. The Morgan fingerprint density at radius 2 is 2.04 bits per heavy atom. The van der Waals surface area contributed by atoms with Gasteiger partial charge in [0.1, 0.15) is 0 Å². The Morgan fingerprint density at radius 1 is 1.22 bits per heavy atom. The van der Waals surface area contributed by atoms with Gasteiger partial charge in [0, 0.05) is 50.1 Å². The van der Waals surface area contributed by atoms with E-state index in [2.05, 4.69) is 10.1 Å². The molecule has 0 unspecified atom stereocenters. The Labute approximate surface area is 157 Å². The number of hydrogen-bond acceptors (Lipinski definition) is 5. The highest BCUT2D eigenvalue weighted by Gasteiger charge is 2.26. The minimum Gasteiger partial charge on any atom is -0.396 e. The number of para-hydroxylation sites is 1. The molecule has 1 fully saturated rings. The van der Waals surface area contributed by atoms with Crippen LogP contribution in [0.5, 0.6) is 0 Å². The van der Waals surface area contributed by atoms with Gasteiger partial charge in [0.05, 0.1) is 17.6 Å². The fraction of sp³-hybridized carbons (Fsp3) is 0.350. The Balaban J connectivity index is 1.72. The van der Waals surface area contributed by atoms with Crippen LogP contribution in [0.3, 0.4) is 0 Å². The van der Waals surface area contributed by atoms with E-state index in [1.165, 1.54) is 0 Å². The molecule has 3 aromatic rings. The van der Waals surface area contributed by atoms with E-state index in [1.54, 1.807) is 21.6 Å². The largest absolute Gasteiger partial charge is 0.396 e. The lowest BCUT2D eigenvalue weighted by Gasteiger charge is -2.18. The number of aliphatic hydroxyl groups excluding tert-OH is 1. The molecule has 140 valence electrons. The minimum atomic E-state index is -0.0877. The molecule has 27 heavy (non-hydrogen) atoms. The first-order chi connectivity index (χ1) is 13.2. The van der Waals surface area contributed by atoms with E-state index >= 15 is 0 Å². The molecule has 1 aliphatic rings. The summed E-state index contributed by atoms with van der Waals surface area (Å²) in [7, 11) is 0. The quantitative estimate of drug-likeness (QED) is 0.748. The molecule has 1 atom stereocenters. The fourth-order valence-electron chi connectivity index (χ4n) is 3.46. The van der Waals surface area contributed by atoms with Gasteiger partial charge in [-0.2, -0.15) is 5.10 Å². The van der Waals surface area contributed by atoms with Crippen molar-refractivity contribution in [2.75, 3.05) is 24.6 Å². The number of hydrogen-bond donors (Lipinski definition) is 1. The zero-order valence-corrected chi connectivity index (χ0v) is 15.3. The van der Waals surface area contributed by atoms with Gasteiger partial charge in [0.2, 0.25) is 0 Å². The number of aliphatic hydroxyl groups is 1. The van der Waals surface area contributed by atoms with Crippen LogP contribution in [0.2, 0.25) is 0 Å². The number of rotatable bonds is 5. The van der Waals surface area contributed by atoms with Crippen LogP contribution in [-0.4, -0.2) is 44.1 Å². The highest BCUT2D eigenvalue weighted by atomic mass is 16.3. The Hall–Kier alpha value is -2.93. The number of nitrogens with zero attached hydrogens (tertiary/aromatic N) is 5. The normalized spacial score (nSPS) is 16.8. The minimum absolute atomic E-state index is 0.0877. The highest BCUT2D eigenvalue weighted by molar-refractivity contribution is 5.59. The average molecular weight is 365 g/mol. The molecule has 0 aliphatic carbocycles. The maximum Gasteiger partial charge on any atom is 0.293 e. The van der Waals surface area contributed by atoms with Crippen molar-refractivity contribution in [3.05, 3.63) is 59.3 Å². The molecule has 1 N–H and O–H groups in total. The van der Waals surface area contributed by atoms with Crippen molar-refractivity contribution in [2.45, 2.75) is 19.9 Å². The molecule has 2 aromatic heterocycles. The molecule has 7 nitrogen and oxygen atoms in total. The second-order valence-electron chi connectivity index (χ2n) is 6.83. The van der Waals surface area contributed by atoms with Gasteiger partial charge in [0.25, 0.3) is 5.56 Å². The molecular weight excluding hydrogens is 342 g/mol. The summed E-state index contributed by atoms with van der Waals surface area (Å²) in [6.45, 7) is 4.06. The first kappa shape index (κ1) is 17.5. The third-order valence-electron chi connectivity index (χ3n) is 5.04. The molecule has 0 amide bonds. The van der Waals surface area contributed by atoms with Gasteiger partial charge in [-0.1, -0.05) is 18.2 Å². The summed E-state index contributed by atoms with van der Waals surface area (Å²) >= 11 is 0. The van der Waals surface area contributed by atoms with Crippen LogP contribution < -0.4 is 10.5 Å². The maximum absolute atomic E-state index is 12.8. The summed E-state index contributed by atoms with van der Waals surface area (Å²) in [5.41, 5.74) is 2.47. The third-order valence-corrected chi connectivity index (χ3v) is 5.04. The van der Waals surface area contributed by atoms with Crippen molar-refractivity contribution < 1.29 is 5.11 Å². The van der Waals surface area contributed by atoms with Crippen LogP contribution in [0, 0.1) is 5.92 Å². The number of anilines is 1. The summed E-state index contributed by atoms with van der Waals surface area (Å²) in [5.74, 6) is 0.656. The molecule has 0 spiro atoms. The lowest BCUT2D eigenvalue weighted by molar-refractivity contribution is 0.238. The number of aromatic nitrogens is 4. The van der Waals surface area contributed by atoms with Gasteiger partial charge in [-0.3, -0.25) is 4.79 Å². The van der Waals surface area contributed by atoms with Crippen LogP contribution in [0.1, 0.15) is 13.3 Å². The summed E-state index contributed by atoms with van der Waals surface area (Å²) < 4.78 is 3.49. The zero-order valence-electron chi connectivity index (χ0n) is 15.3. The van der Waals surface area contributed by atoms with Crippen molar-refractivity contribution in [1.29, 1.82) is 0 Å². The molecule has 0 radical (unpaired) electrons. The molecule has 3 heterocycles. The van der Waals surface area contributed by atoms with Crippen molar-refractivity contribution in [2.24, 2.45) is 5.92 Å². The summed E-state index contributed by atoms with van der Waals surface area (Å²) in [6, 6.07) is 9.88. The second-order valence-corrected chi connectivity index (χ2v) is 6.83. The van der Waals surface area contributed by atoms with Crippen molar-refractivity contribution in [3.63, 3.8) is 0 Å². The monoisotopic (exact) mass is 365 g/mol. The summed E-state index contributed by atoms with van der Waals surface area (Å²) in [5, 5.41) is 13.8. The van der Waals surface area contributed by atoms with E-state index in [1.807, 2.05) is 48.4 Å². The average Bonchev–Trinajstić information content (AvgIpc) is 3.39. The lowest BCUT2D eigenvalue weighted by atomic mass is 10.1. The first-order valence-corrected chi connectivity index (χ1v) is 9.27. The van der Waals surface area contributed by atoms with Gasteiger partial charge in [-0.15, -0.1) is 0 Å². The SMILES string of the molecule is CCn1cc(-c2cnn(-c3ccccc3)c2)nc(N2CC[C@@H](CO)C2)c1=O. The summed E-state index contributed by atoms with van der Waals surface area (Å²) in [4.78, 5) is 19.4. The fourth-order valence-corrected chi connectivity index (χ4v) is 3.46. The van der Waals surface area contributed by atoms with Crippen molar-refractivity contribution in [1.82, 2.24) is 19.3 Å². The van der Waals surface area contributed by atoms with Gasteiger partial charge in [-0.05, 0) is 25.5 Å². The van der Waals surface area contributed by atoms with Gasteiger partial charge >= 0.3 is 0 Å². The molecular formula is C20H23N5O2. The van der Waals surface area contributed by atoms with E-state index in [0.29, 0.717) is 18.9 Å². The molecule has 1 aliphatic heterocycles. The van der Waals surface area contributed by atoms with Gasteiger partial charge in [0.15, 0.2) is 5.82 Å². The number of benzene rings is 1. The van der Waals surface area contributed by atoms with Gasteiger partial charge in [-0.25, -0.2) is 9.67 Å². The smallest absolute Gasteiger partial charge is 0.293 e. The van der Waals surface area contributed by atoms with Crippen LogP contribution in [0.15, 0.2) is 53.7 Å². The van der Waals surface area contributed by atoms with Gasteiger partial charge < -0.3 is 14.6 Å². The molecule has 1 aromatic carbocycles. The van der Waals surface area contributed by atoms with Crippen LogP contribution in [0.4, 0.5) is 5.82 Å². The second kappa shape index (κ2) is 7.36. The Bertz CT molecular complexity index is 980. The molecule has 0 saturated carbocycles. The Kier molecular flexibility index (Phi) is 4.77. The van der Waals surface area contributed by atoms with Crippen molar-refractivity contribution in [3.8, 4) is 16.9 Å². The first-order valence-electron chi connectivity index (χ1n) is 9.27. The van der Waals surface area contributed by atoms with E-state index in [4.69, 9.17) is 0 Å². The topological polar surface area (TPSA) is 76.2 Å².